The Hall–Kier alpha value is -1.22. The minimum atomic E-state index is 0.506. The van der Waals surface area contributed by atoms with Gasteiger partial charge in [-0.1, -0.05) is 6.92 Å². The van der Waals surface area contributed by atoms with Crippen molar-refractivity contribution in [2.24, 2.45) is 0 Å². The SMILES string of the molecule is CCC(Cc1cc(OC)c(OC)cc1C)NC. The lowest BCUT2D eigenvalue weighted by Gasteiger charge is -2.17. The zero-order valence-electron chi connectivity index (χ0n) is 11.5. The van der Waals surface area contributed by atoms with Gasteiger partial charge in [-0.2, -0.15) is 0 Å². The summed E-state index contributed by atoms with van der Waals surface area (Å²) in [5, 5.41) is 3.32. The fourth-order valence-corrected chi connectivity index (χ4v) is 1.96. The average Bonchev–Trinajstić information content (AvgIpc) is 2.36. The quantitative estimate of drug-likeness (QED) is 0.825. The van der Waals surface area contributed by atoms with Crippen LogP contribution < -0.4 is 14.8 Å². The van der Waals surface area contributed by atoms with E-state index in [-0.39, 0.29) is 0 Å². The largest absolute Gasteiger partial charge is 0.493 e. The molecule has 0 aromatic heterocycles. The highest BCUT2D eigenvalue weighted by Crippen LogP contribution is 2.30. The van der Waals surface area contributed by atoms with Crippen LogP contribution in [-0.4, -0.2) is 27.3 Å². The van der Waals surface area contributed by atoms with Crippen LogP contribution in [-0.2, 0) is 6.42 Å². The van der Waals surface area contributed by atoms with Gasteiger partial charge in [-0.15, -0.1) is 0 Å². The molecular formula is C14H23NO2. The number of benzene rings is 1. The second-order valence-corrected chi connectivity index (χ2v) is 4.23. The fourth-order valence-electron chi connectivity index (χ4n) is 1.96. The van der Waals surface area contributed by atoms with Crippen LogP contribution in [0.5, 0.6) is 11.5 Å². The Morgan fingerprint density at radius 3 is 2.24 bits per heavy atom. The van der Waals surface area contributed by atoms with Crippen LogP contribution in [0, 0.1) is 6.92 Å². The van der Waals surface area contributed by atoms with E-state index in [9.17, 15) is 0 Å². The van der Waals surface area contributed by atoms with Gasteiger partial charge >= 0.3 is 0 Å². The van der Waals surface area contributed by atoms with Gasteiger partial charge < -0.3 is 14.8 Å². The van der Waals surface area contributed by atoms with Gasteiger partial charge in [0, 0.05) is 6.04 Å². The van der Waals surface area contributed by atoms with Crippen LogP contribution in [0.25, 0.3) is 0 Å². The molecule has 0 heterocycles. The topological polar surface area (TPSA) is 30.5 Å². The molecule has 1 N–H and O–H groups in total. The van der Waals surface area contributed by atoms with Gasteiger partial charge in [0.1, 0.15) is 0 Å². The molecule has 0 aliphatic carbocycles. The van der Waals surface area contributed by atoms with Crippen LogP contribution >= 0.6 is 0 Å². The van der Waals surface area contributed by atoms with Crippen molar-refractivity contribution in [1.82, 2.24) is 5.32 Å². The molecule has 0 radical (unpaired) electrons. The van der Waals surface area contributed by atoms with Crippen molar-refractivity contribution in [1.29, 1.82) is 0 Å². The molecular weight excluding hydrogens is 214 g/mol. The Balaban J connectivity index is 2.99. The zero-order chi connectivity index (χ0) is 12.8. The lowest BCUT2D eigenvalue weighted by atomic mass is 9.99. The van der Waals surface area contributed by atoms with Crippen LogP contribution in [0.1, 0.15) is 24.5 Å². The number of ether oxygens (including phenoxy) is 2. The molecule has 0 saturated heterocycles. The van der Waals surface area contributed by atoms with Crippen molar-refractivity contribution < 1.29 is 9.47 Å². The average molecular weight is 237 g/mol. The smallest absolute Gasteiger partial charge is 0.161 e. The predicted octanol–water partition coefficient (Wildman–Crippen LogP) is 2.55. The van der Waals surface area contributed by atoms with E-state index in [0.717, 1.165) is 24.3 Å². The third-order valence-corrected chi connectivity index (χ3v) is 3.21. The summed E-state index contributed by atoms with van der Waals surface area (Å²) < 4.78 is 10.6. The highest BCUT2D eigenvalue weighted by atomic mass is 16.5. The molecule has 96 valence electrons. The van der Waals surface area contributed by atoms with Crippen LogP contribution in [0.15, 0.2) is 12.1 Å². The second-order valence-electron chi connectivity index (χ2n) is 4.23. The third kappa shape index (κ3) is 3.37. The number of aryl methyl sites for hydroxylation is 1. The van der Waals surface area contributed by atoms with Gasteiger partial charge in [-0.3, -0.25) is 0 Å². The summed E-state index contributed by atoms with van der Waals surface area (Å²) in [5.41, 5.74) is 2.56. The van der Waals surface area contributed by atoms with Crippen molar-refractivity contribution >= 4 is 0 Å². The molecule has 17 heavy (non-hydrogen) atoms. The molecule has 0 fully saturated rings. The van der Waals surface area contributed by atoms with E-state index >= 15 is 0 Å². The summed E-state index contributed by atoms with van der Waals surface area (Å²) >= 11 is 0. The first-order chi connectivity index (χ1) is 8.15. The van der Waals surface area contributed by atoms with Gasteiger partial charge in [-0.05, 0) is 50.1 Å². The summed E-state index contributed by atoms with van der Waals surface area (Å²) in [7, 11) is 5.34. The highest BCUT2D eigenvalue weighted by Gasteiger charge is 2.11. The minimum Gasteiger partial charge on any atom is -0.493 e. The first-order valence-corrected chi connectivity index (χ1v) is 6.05. The normalized spacial score (nSPS) is 12.3. The van der Waals surface area contributed by atoms with E-state index in [1.54, 1.807) is 14.2 Å². The predicted molar refractivity (Wildman–Crippen MR) is 71.1 cm³/mol. The molecule has 0 aliphatic heterocycles. The lowest BCUT2D eigenvalue weighted by molar-refractivity contribution is 0.354. The molecule has 1 unspecified atom stereocenters. The van der Waals surface area contributed by atoms with Crippen molar-refractivity contribution in [3.63, 3.8) is 0 Å². The molecule has 1 atom stereocenters. The zero-order valence-corrected chi connectivity index (χ0v) is 11.5. The fraction of sp³-hybridized carbons (Fsp3) is 0.571. The Kier molecular flexibility index (Phi) is 5.29. The van der Waals surface area contributed by atoms with Gasteiger partial charge in [-0.25, -0.2) is 0 Å². The number of hydrogen-bond acceptors (Lipinski definition) is 3. The summed E-state index contributed by atoms with van der Waals surface area (Å²) in [6.07, 6.45) is 2.13. The maximum Gasteiger partial charge on any atom is 0.161 e. The standard InChI is InChI=1S/C14H23NO2/c1-6-12(15-3)8-11-9-14(17-5)13(16-4)7-10(11)2/h7,9,12,15H,6,8H2,1-5H3. The Bertz CT molecular complexity index is 359. The Morgan fingerprint density at radius 1 is 1.18 bits per heavy atom. The first-order valence-electron chi connectivity index (χ1n) is 6.05. The van der Waals surface area contributed by atoms with Crippen molar-refractivity contribution in [3.8, 4) is 11.5 Å². The molecule has 0 spiro atoms. The maximum atomic E-state index is 5.34. The second kappa shape index (κ2) is 6.50. The monoisotopic (exact) mass is 237 g/mol. The Morgan fingerprint density at radius 2 is 1.76 bits per heavy atom. The molecule has 0 bridgehead atoms. The van der Waals surface area contributed by atoms with E-state index in [0.29, 0.717) is 6.04 Å². The number of nitrogens with one attached hydrogen (secondary N) is 1. The molecule has 1 rings (SSSR count). The Labute approximate surface area is 104 Å². The molecule has 1 aromatic carbocycles. The molecule has 1 aromatic rings. The van der Waals surface area contributed by atoms with Gasteiger partial charge in [0.15, 0.2) is 11.5 Å². The van der Waals surface area contributed by atoms with Gasteiger partial charge in [0.2, 0.25) is 0 Å². The van der Waals surface area contributed by atoms with E-state index in [2.05, 4.69) is 25.2 Å². The lowest BCUT2D eigenvalue weighted by Crippen LogP contribution is -2.26. The van der Waals surface area contributed by atoms with E-state index in [4.69, 9.17) is 9.47 Å². The van der Waals surface area contributed by atoms with E-state index in [1.807, 2.05) is 13.1 Å². The van der Waals surface area contributed by atoms with Crippen LogP contribution in [0.4, 0.5) is 0 Å². The van der Waals surface area contributed by atoms with E-state index in [1.165, 1.54) is 11.1 Å². The first kappa shape index (κ1) is 13.8. The summed E-state index contributed by atoms with van der Waals surface area (Å²) in [4.78, 5) is 0. The number of likely N-dealkylation sites (N-methyl/N-ethyl adjacent to an activating group) is 1. The van der Waals surface area contributed by atoms with Crippen molar-refractivity contribution in [2.45, 2.75) is 32.7 Å². The molecule has 0 amide bonds. The van der Waals surface area contributed by atoms with Crippen LogP contribution in [0.3, 0.4) is 0 Å². The number of rotatable bonds is 6. The van der Waals surface area contributed by atoms with Crippen molar-refractivity contribution in [3.05, 3.63) is 23.3 Å². The summed E-state index contributed by atoms with van der Waals surface area (Å²) in [6.45, 7) is 4.30. The van der Waals surface area contributed by atoms with Gasteiger partial charge in [0.25, 0.3) is 0 Å². The number of hydrogen-bond donors (Lipinski definition) is 1. The minimum absolute atomic E-state index is 0.506. The number of methoxy groups -OCH3 is 2. The molecule has 3 heteroatoms. The third-order valence-electron chi connectivity index (χ3n) is 3.21. The molecule has 0 saturated carbocycles. The summed E-state index contributed by atoms with van der Waals surface area (Å²) in [6, 6.07) is 4.62. The molecule has 3 nitrogen and oxygen atoms in total. The van der Waals surface area contributed by atoms with Crippen molar-refractivity contribution in [2.75, 3.05) is 21.3 Å². The summed E-state index contributed by atoms with van der Waals surface area (Å²) in [5.74, 6) is 1.60. The maximum absolute atomic E-state index is 5.34. The highest BCUT2D eigenvalue weighted by molar-refractivity contribution is 5.47. The molecule has 0 aliphatic rings. The van der Waals surface area contributed by atoms with Gasteiger partial charge in [0.05, 0.1) is 14.2 Å². The van der Waals surface area contributed by atoms with E-state index < -0.39 is 0 Å². The van der Waals surface area contributed by atoms with Crippen LogP contribution in [0.2, 0.25) is 0 Å².